The monoisotopic (exact) mass is 518 g/mol. The van der Waals surface area contributed by atoms with Crippen LogP contribution in [0.3, 0.4) is 0 Å². The molecule has 0 radical (unpaired) electrons. The third-order valence-corrected chi connectivity index (χ3v) is 7.53. The molecule has 2 heterocycles. The number of carboxylic acid groups (broad SMARTS) is 1. The molecule has 2 aromatic rings. The Morgan fingerprint density at radius 3 is 2.21 bits per heavy atom. The molecule has 2 atom stereocenters. The molecule has 0 aromatic heterocycles. The van der Waals surface area contributed by atoms with Crippen molar-refractivity contribution in [2.75, 3.05) is 6.54 Å². The van der Waals surface area contributed by atoms with Gasteiger partial charge < -0.3 is 15.2 Å². The fraction of sp³-hybridized carbons (Fsp3) is 0.357. The van der Waals surface area contributed by atoms with Crippen LogP contribution in [0.4, 0.5) is 0 Å². The van der Waals surface area contributed by atoms with Crippen LogP contribution in [0.15, 0.2) is 36.4 Å². The number of fused-ring (bicyclic) bond motifs is 2. The molecule has 196 valence electrons. The number of hydrogen-bond acceptors (Lipinski definition) is 7. The van der Waals surface area contributed by atoms with E-state index in [0.29, 0.717) is 19.3 Å². The van der Waals surface area contributed by atoms with Crippen LogP contribution >= 0.6 is 0 Å². The van der Waals surface area contributed by atoms with E-state index in [1.807, 2.05) is 20.8 Å². The van der Waals surface area contributed by atoms with Crippen molar-refractivity contribution in [1.29, 1.82) is 0 Å². The van der Waals surface area contributed by atoms with E-state index in [1.54, 1.807) is 0 Å². The van der Waals surface area contributed by atoms with Crippen molar-refractivity contribution in [3.05, 3.63) is 69.8 Å². The molecule has 0 saturated heterocycles. The maximum atomic E-state index is 13.3. The number of hydrogen-bond donors (Lipinski definition) is 2. The van der Waals surface area contributed by atoms with Gasteiger partial charge in [0.25, 0.3) is 17.7 Å². The normalized spacial score (nSPS) is 23.7. The number of benzene rings is 2. The summed E-state index contributed by atoms with van der Waals surface area (Å²) in [7, 11) is 0. The summed E-state index contributed by atoms with van der Waals surface area (Å²) in [5.74, 6) is -4.10. The molecule has 0 spiro atoms. The molecule has 3 aliphatic rings. The Labute approximate surface area is 217 Å². The number of rotatable bonds is 5. The van der Waals surface area contributed by atoms with Crippen molar-refractivity contribution < 1.29 is 38.6 Å². The first-order valence-electron chi connectivity index (χ1n) is 12.2. The summed E-state index contributed by atoms with van der Waals surface area (Å²) < 4.78 is 4.58. The highest BCUT2D eigenvalue weighted by Crippen LogP contribution is 2.48. The number of nitrogens with zero attached hydrogens (tertiary/aromatic N) is 1. The zero-order valence-electron chi connectivity index (χ0n) is 21.1. The Balaban J connectivity index is 1.34. The van der Waals surface area contributed by atoms with Crippen molar-refractivity contribution in [3.63, 3.8) is 0 Å². The van der Waals surface area contributed by atoms with Gasteiger partial charge in [0.15, 0.2) is 0 Å². The van der Waals surface area contributed by atoms with E-state index in [-0.39, 0.29) is 45.3 Å². The molecule has 2 N–H and O–H groups in total. The van der Waals surface area contributed by atoms with Crippen molar-refractivity contribution in [2.45, 2.75) is 46.1 Å². The van der Waals surface area contributed by atoms with E-state index in [9.17, 15) is 33.9 Å². The minimum absolute atomic E-state index is 0.0457. The Kier molecular flexibility index (Phi) is 5.74. The number of imide groups is 1. The average molecular weight is 519 g/mol. The van der Waals surface area contributed by atoms with Gasteiger partial charge in [-0.1, -0.05) is 20.8 Å². The van der Waals surface area contributed by atoms with Gasteiger partial charge in [-0.25, -0.2) is 14.4 Å². The molecule has 1 aliphatic carbocycles. The second kappa shape index (κ2) is 8.61. The van der Waals surface area contributed by atoms with E-state index < -0.39 is 47.1 Å². The van der Waals surface area contributed by atoms with Crippen molar-refractivity contribution >= 4 is 35.6 Å². The smallest absolute Gasteiger partial charge is 0.346 e. The van der Waals surface area contributed by atoms with Gasteiger partial charge in [0.05, 0.1) is 27.8 Å². The summed E-state index contributed by atoms with van der Waals surface area (Å²) in [4.78, 5) is 75.6. The molecule has 2 aliphatic heterocycles. The lowest BCUT2D eigenvalue weighted by Crippen LogP contribution is -2.52. The molecule has 10 nitrogen and oxygen atoms in total. The van der Waals surface area contributed by atoms with Gasteiger partial charge in [0.1, 0.15) is 0 Å². The zero-order valence-corrected chi connectivity index (χ0v) is 21.1. The summed E-state index contributed by atoms with van der Waals surface area (Å²) in [6, 6.07) is 7.66. The first-order chi connectivity index (χ1) is 17.8. The van der Waals surface area contributed by atoms with Crippen molar-refractivity contribution in [1.82, 2.24) is 10.2 Å². The van der Waals surface area contributed by atoms with Gasteiger partial charge in [-0.15, -0.1) is 0 Å². The lowest BCUT2D eigenvalue weighted by Gasteiger charge is -2.48. The van der Waals surface area contributed by atoms with Crippen LogP contribution in [-0.2, 0) is 4.74 Å². The summed E-state index contributed by atoms with van der Waals surface area (Å²) in [5.41, 5.74) is -0.158. The van der Waals surface area contributed by atoms with Crippen LogP contribution in [0.1, 0.15) is 102 Å². The molecule has 2 aromatic carbocycles. The van der Waals surface area contributed by atoms with Crippen LogP contribution < -0.4 is 5.32 Å². The van der Waals surface area contributed by atoms with Gasteiger partial charge >= 0.3 is 17.9 Å². The lowest BCUT2D eigenvalue weighted by molar-refractivity contribution is 0.0181. The number of nitrogens with one attached hydrogen (secondary N) is 1. The fourth-order valence-corrected chi connectivity index (χ4v) is 6.24. The Bertz CT molecular complexity index is 1460. The third kappa shape index (κ3) is 4.25. The largest absolute Gasteiger partial charge is 0.478 e. The number of cyclic esters (lactones) is 2. The van der Waals surface area contributed by atoms with E-state index in [4.69, 9.17) is 0 Å². The highest BCUT2D eigenvalue weighted by molar-refractivity contribution is 6.22. The molecule has 3 amide bonds. The molecule has 1 fully saturated rings. The van der Waals surface area contributed by atoms with Gasteiger partial charge in [-0.3, -0.25) is 19.3 Å². The average Bonchev–Trinajstić information content (AvgIpc) is 3.27. The number of carboxylic acids is 1. The van der Waals surface area contributed by atoms with Gasteiger partial charge in [-0.05, 0) is 66.5 Å². The second-order valence-corrected chi connectivity index (χ2v) is 11.4. The zero-order chi connectivity index (χ0) is 27.6. The molecule has 1 saturated carbocycles. The predicted octanol–water partition coefficient (Wildman–Crippen LogP) is 3.31. The summed E-state index contributed by atoms with van der Waals surface area (Å²) in [5, 5.41) is 12.2. The van der Waals surface area contributed by atoms with Crippen LogP contribution in [0.2, 0.25) is 0 Å². The Morgan fingerprint density at radius 2 is 1.50 bits per heavy atom. The molecule has 2 unspecified atom stereocenters. The standard InChI is InChI=1S/C28H26N2O8/c1-27(2)10-16(30-22(32)17-6-5-15(24(34)35)9-19(17)23(30)33)11-28(3,12-27)13-29-21(31)14-4-7-18-20(8-14)26(37)38-25(18)36/h4-9,16H,10-13H2,1-3H3,(H,29,31)(H,34,35). The SMILES string of the molecule is CC1(C)CC(N2C(=O)c3ccc(C(=O)O)cc3C2=O)CC(C)(CNC(=O)c2ccc3c(c2)C(=O)OC3=O)C1. The maximum absolute atomic E-state index is 13.3. The first kappa shape index (κ1) is 25.3. The minimum Gasteiger partial charge on any atom is -0.478 e. The van der Waals surface area contributed by atoms with E-state index in [1.165, 1.54) is 41.3 Å². The number of amides is 3. The van der Waals surface area contributed by atoms with Crippen LogP contribution in [-0.4, -0.2) is 58.2 Å². The molecule has 5 rings (SSSR count). The fourth-order valence-electron chi connectivity index (χ4n) is 6.24. The first-order valence-corrected chi connectivity index (χ1v) is 12.2. The molecule has 10 heteroatoms. The van der Waals surface area contributed by atoms with E-state index in [2.05, 4.69) is 10.1 Å². The highest BCUT2D eigenvalue weighted by atomic mass is 16.6. The lowest BCUT2D eigenvalue weighted by atomic mass is 9.62. The number of ether oxygens (including phenoxy) is 1. The molecular formula is C28H26N2O8. The number of esters is 2. The minimum atomic E-state index is -1.18. The Morgan fingerprint density at radius 1 is 0.895 bits per heavy atom. The number of aromatic carboxylic acids is 1. The topological polar surface area (TPSA) is 147 Å². The number of carbonyl (C=O) groups excluding carboxylic acids is 5. The quantitative estimate of drug-likeness (QED) is 0.348. The van der Waals surface area contributed by atoms with Crippen LogP contribution in [0.5, 0.6) is 0 Å². The molecule has 0 bridgehead atoms. The summed E-state index contributed by atoms with van der Waals surface area (Å²) in [6.07, 6.45) is 1.72. The maximum Gasteiger partial charge on any atom is 0.346 e. The Hall–Kier alpha value is -4.34. The van der Waals surface area contributed by atoms with E-state index >= 15 is 0 Å². The van der Waals surface area contributed by atoms with Gasteiger partial charge in [0, 0.05) is 18.2 Å². The molecular weight excluding hydrogens is 492 g/mol. The van der Waals surface area contributed by atoms with Gasteiger partial charge in [-0.2, -0.15) is 0 Å². The second-order valence-electron chi connectivity index (χ2n) is 11.4. The highest BCUT2D eigenvalue weighted by Gasteiger charge is 2.48. The van der Waals surface area contributed by atoms with Gasteiger partial charge in [0.2, 0.25) is 0 Å². The third-order valence-electron chi connectivity index (χ3n) is 7.53. The summed E-state index contributed by atoms with van der Waals surface area (Å²) >= 11 is 0. The van der Waals surface area contributed by atoms with Crippen molar-refractivity contribution in [2.24, 2.45) is 10.8 Å². The van der Waals surface area contributed by atoms with Crippen LogP contribution in [0.25, 0.3) is 0 Å². The van der Waals surface area contributed by atoms with E-state index in [0.717, 1.165) is 0 Å². The van der Waals surface area contributed by atoms with Crippen molar-refractivity contribution in [3.8, 4) is 0 Å². The summed E-state index contributed by atoms with van der Waals surface area (Å²) in [6.45, 7) is 6.32. The van der Waals surface area contributed by atoms with Crippen LogP contribution in [0, 0.1) is 10.8 Å². The number of carbonyl (C=O) groups is 6. The predicted molar refractivity (Wildman–Crippen MR) is 132 cm³/mol. The molecule has 38 heavy (non-hydrogen) atoms.